The van der Waals surface area contributed by atoms with Gasteiger partial charge in [-0.25, -0.2) is 14.5 Å². The molecule has 0 radical (unpaired) electrons. The van der Waals surface area contributed by atoms with Crippen LogP contribution in [0, 0.1) is 0 Å². The highest BCUT2D eigenvalue weighted by molar-refractivity contribution is 6.07. The first-order valence-electron chi connectivity index (χ1n) is 9.43. The number of carbonyl (C=O) groups excluding carboxylic acids is 1. The minimum Gasteiger partial charge on any atom is -0.326 e. The van der Waals surface area contributed by atoms with Crippen molar-refractivity contribution in [3.05, 3.63) is 65.9 Å². The van der Waals surface area contributed by atoms with Gasteiger partial charge in [0.15, 0.2) is 11.5 Å². The lowest BCUT2D eigenvalue weighted by Gasteiger charge is -2.08. The molecule has 1 saturated carbocycles. The molecule has 0 spiro atoms. The van der Waals surface area contributed by atoms with Gasteiger partial charge in [0.1, 0.15) is 11.4 Å². The second kappa shape index (κ2) is 6.49. The third kappa shape index (κ3) is 3.05. The van der Waals surface area contributed by atoms with E-state index >= 15 is 0 Å². The number of anilines is 1. The number of nitrogens with one attached hydrogen (secondary N) is 1. The van der Waals surface area contributed by atoms with E-state index in [0.29, 0.717) is 29.4 Å². The fourth-order valence-electron chi connectivity index (χ4n) is 3.22. The smallest absolute Gasteiger partial charge is 0.262 e. The van der Waals surface area contributed by atoms with E-state index in [4.69, 9.17) is 10.8 Å². The molecular weight excluding hydrogens is 368 g/mol. The Labute approximate surface area is 166 Å². The molecular formula is C20H20N8O. The monoisotopic (exact) mass is 388 g/mol. The molecule has 3 N–H and O–H groups in total. The van der Waals surface area contributed by atoms with Crippen LogP contribution in [0.4, 0.5) is 5.82 Å². The van der Waals surface area contributed by atoms with Crippen molar-refractivity contribution in [2.45, 2.75) is 31.7 Å². The Morgan fingerprint density at radius 3 is 2.86 bits per heavy atom. The molecule has 0 bridgehead atoms. The molecule has 0 aromatic carbocycles. The first-order valence-corrected chi connectivity index (χ1v) is 9.43. The van der Waals surface area contributed by atoms with Gasteiger partial charge in [0.2, 0.25) is 0 Å². The third-order valence-corrected chi connectivity index (χ3v) is 5.36. The highest BCUT2D eigenvalue weighted by Gasteiger charge is 2.42. The summed E-state index contributed by atoms with van der Waals surface area (Å²) in [6.45, 7) is 2.59. The zero-order valence-corrected chi connectivity index (χ0v) is 15.9. The molecule has 1 fully saturated rings. The van der Waals surface area contributed by atoms with Gasteiger partial charge < -0.3 is 11.1 Å². The van der Waals surface area contributed by atoms with Crippen molar-refractivity contribution in [3.63, 3.8) is 0 Å². The first kappa shape index (κ1) is 17.5. The zero-order chi connectivity index (χ0) is 20.0. The van der Waals surface area contributed by atoms with Crippen LogP contribution < -0.4 is 11.1 Å². The van der Waals surface area contributed by atoms with Gasteiger partial charge >= 0.3 is 0 Å². The van der Waals surface area contributed by atoms with E-state index in [0.717, 1.165) is 24.1 Å². The van der Waals surface area contributed by atoms with Crippen LogP contribution in [-0.4, -0.2) is 35.3 Å². The van der Waals surface area contributed by atoms with Crippen molar-refractivity contribution in [3.8, 4) is 5.82 Å². The highest BCUT2D eigenvalue weighted by Crippen LogP contribution is 2.47. The number of amides is 1. The summed E-state index contributed by atoms with van der Waals surface area (Å²) in [7, 11) is 0. The van der Waals surface area contributed by atoms with E-state index in [9.17, 15) is 4.79 Å². The quantitative estimate of drug-likeness (QED) is 0.541. The molecule has 4 heterocycles. The molecule has 4 aromatic heterocycles. The Morgan fingerprint density at radius 1 is 1.28 bits per heavy atom. The van der Waals surface area contributed by atoms with E-state index in [1.54, 1.807) is 33.9 Å². The van der Waals surface area contributed by atoms with E-state index in [1.807, 2.05) is 18.2 Å². The van der Waals surface area contributed by atoms with Gasteiger partial charge in [0, 0.05) is 36.6 Å². The molecule has 9 nitrogen and oxygen atoms in total. The minimum absolute atomic E-state index is 0.0495. The number of hydrogen-bond acceptors (Lipinski definition) is 6. The summed E-state index contributed by atoms with van der Waals surface area (Å²) in [6, 6.07) is 7.43. The summed E-state index contributed by atoms with van der Waals surface area (Å²) in [4.78, 5) is 21.7. The standard InChI is InChI=1S/C20H20N8O/c1-20(5-6-20)15-9-17(28(26-15)16-4-3-13(10-21)11-23-16)25-19(29)14-12-24-27-8-2-7-22-18(14)27/h2-4,7-9,11-12H,5-6,10,21H2,1H3,(H,25,29). The molecule has 1 amide bonds. The van der Waals surface area contributed by atoms with E-state index in [2.05, 4.69) is 27.3 Å². The van der Waals surface area contributed by atoms with Gasteiger partial charge in [-0.05, 0) is 30.5 Å². The number of fused-ring (bicyclic) bond motifs is 1. The Bertz CT molecular complexity index is 1200. The third-order valence-electron chi connectivity index (χ3n) is 5.36. The maximum Gasteiger partial charge on any atom is 0.262 e. The van der Waals surface area contributed by atoms with Crippen molar-refractivity contribution in [2.24, 2.45) is 5.73 Å². The SMILES string of the molecule is CC1(c2cc(NC(=O)c3cnn4cccnc34)n(-c3ccc(CN)cn3)n2)CC1. The summed E-state index contributed by atoms with van der Waals surface area (Å²) in [5, 5.41) is 11.9. The van der Waals surface area contributed by atoms with Gasteiger partial charge in [-0.3, -0.25) is 4.79 Å². The molecule has 0 atom stereocenters. The lowest BCUT2D eigenvalue weighted by Crippen LogP contribution is -2.16. The second-order valence-electron chi connectivity index (χ2n) is 7.52. The van der Waals surface area contributed by atoms with Gasteiger partial charge in [0.25, 0.3) is 5.91 Å². The minimum atomic E-state index is -0.300. The van der Waals surface area contributed by atoms with Crippen molar-refractivity contribution >= 4 is 17.4 Å². The first-order chi connectivity index (χ1) is 14.1. The molecule has 0 unspecified atom stereocenters. The van der Waals surface area contributed by atoms with Gasteiger partial charge in [-0.1, -0.05) is 13.0 Å². The van der Waals surface area contributed by atoms with Crippen LogP contribution in [0.1, 0.15) is 41.4 Å². The summed E-state index contributed by atoms with van der Waals surface area (Å²) in [6.07, 6.45) is 8.77. The molecule has 9 heteroatoms. The Morgan fingerprint density at radius 2 is 2.14 bits per heavy atom. The number of carbonyl (C=O) groups is 1. The molecule has 0 aliphatic heterocycles. The molecule has 146 valence electrons. The Hall–Kier alpha value is -3.59. The normalized spacial score (nSPS) is 14.8. The van der Waals surface area contributed by atoms with Crippen molar-refractivity contribution in [2.75, 3.05) is 5.32 Å². The predicted octanol–water partition coefficient (Wildman–Crippen LogP) is 2.07. The van der Waals surface area contributed by atoms with Crippen LogP contribution in [0.5, 0.6) is 0 Å². The highest BCUT2D eigenvalue weighted by atomic mass is 16.1. The summed E-state index contributed by atoms with van der Waals surface area (Å²) < 4.78 is 3.23. The maximum atomic E-state index is 13.0. The van der Waals surface area contributed by atoms with Gasteiger partial charge in [-0.2, -0.15) is 14.9 Å². The number of nitrogens with zero attached hydrogens (tertiary/aromatic N) is 6. The maximum absolute atomic E-state index is 13.0. The number of nitrogens with two attached hydrogens (primary N) is 1. The van der Waals surface area contributed by atoms with Crippen LogP contribution in [0.3, 0.4) is 0 Å². The molecule has 1 aliphatic rings. The van der Waals surface area contributed by atoms with Crippen LogP contribution in [0.25, 0.3) is 11.5 Å². The van der Waals surface area contributed by atoms with E-state index < -0.39 is 0 Å². The Balaban J connectivity index is 1.53. The summed E-state index contributed by atoms with van der Waals surface area (Å²) in [5.74, 6) is 0.873. The fourth-order valence-corrected chi connectivity index (χ4v) is 3.22. The summed E-state index contributed by atoms with van der Waals surface area (Å²) >= 11 is 0. The second-order valence-corrected chi connectivity index (χ2v) is 7.52. The Kier molecular flexibility index (Phi) is 3.92. The van der Waals surface area contributed by atoms with Crippen LogP contribution in [-0.2, 0) is 12.0 Å². The fraction of sp³-hybridized carbons (Fsp3) is 0.250. The van der Waals surface area contributed by atoms with Crippen LogP contribution >= 0.6 is 0 Å². The van der Waals surface area contributed by atoms with Crippen molar-refractivity contribution in [1.82, 2.24) is 29.4 Å². The topological polar surface area (TPSA) is 116 Å². The van der Waals surface area contributed by atoms with Crippen molar-refractivity contribution < 1.29 is 4.79 Å². The lowest BCUT2D eigenvalue weighted by molar-refractivity contribution is 0.102. The molecule has 5 rings (SSSR count). The largest absolute Gasteiger partial charge is 0.326 e. The molecule has 1 aliphatic carbocycles. The lowest BCUT2D eigenvalue weighted by atomic mass is 10.1. The van der Waals surface area contributed by atoms with Gasteiger partial charge in [-0.15, -0.1) is 0 Å². The predicted molar refractivity (Wildman–Crippen MR) is 107 cm³/mol. The van der Waals surface area contributed by atoms with Crippen molar-refractivity contribution in [1.29, 1.82) is 0 Å². The molecule has 4 aromatic rings. The van der Waals surface area contributed by atoms with Crippen LogP contribution in [0.15, 0.2) is 49.1 Å². The van der Waals surface area contributed by atoms with Crippen LogP contribution in [0.2, 0.25) is 0 Å². The average molecular weight is 388 g/mol. The number of aromatic nitrogens is 6. The number of hydrogen-bond donors (Lipinski definition) is 2. The number of rotatable bonds is 5. The van der Waals surface area contributed by atoms with Gasteiger partial charge in [0.05, 0.1) is 11.9 Å². The van der Waals surface area contributed by atoms with E-state index in [-0.39, 0.29) is 11.3 Å². The van der Waals surface area contributed by atoms with E-state index in [1.165, 1.54) is 6.20 Å². The summed E-state index contributed by atoms with van der Waals surface area (Å²) in [5.41, 5.74) is 8.48. The molecule has 0 saturated heterocycles. The average Bonchev–Trinajstić information content (AvgIpc) is 3.17. The zero-order valence-electron chi connectivity index (χ0n) is 15.9. The molecule has 29 heavy (non-hydrogen) atoms. The number of pyridine rings is 1.